The van der Waals surface area contributed by atoms with Gasteiger partial charge in [0.05, 0.1) is 24.4 Å². The Labute approximate surface area is 145 Å². The number of methoxy groups -OCH3 is 1. The first-order chi connectivity index (χ1) is 11.2. The van der Waals surface area contributed by atoms with Gasteiger partial charge in [0.1, 0.15) is 11.5 Å². The number of hydrogen-bond acceptors (Lipinski definition) is 5. The molecule has 1 aromatic carbocycles. The van der Waals surface area contributed by atoms with Gasteiger partial charge in [0, 0.05) is 17.2 Å². The van der Waals surface area contributed by atoms with Crippen molar-refractivity contribution < 1.29 is 13.9 Å². The van der Waals surface area contributed by atoms with E-state index in [1.165, 1.54) is 0 Å². The van der Waals surface area contributed by atoms with Crippen molar-refractivity contribution in [2.45, 2.75) is 22.8 Å². The van der Waals surface area contributed by atoms with Gasteiger partial charge in [-0.25, -0.2) is 0 Å². The van der Waals surface area contributed by atoms with Crippen molar-refractivity contribution >= 4 is 29.4 Å². The van der Waals surface area contributed by atoms with E-state index in [-0.39, 0.29) is 11.2 Å². The number of furan rings is 1. The van der Waals surface area contributed by atoms with Gasteiger partial charge in [-0.05, 0) is 43.3 Å². The summed E-state index contributed by atoms with van der Waals surface area (Å²) in [5, 5.41) is 2.84. The normalized spacial score (nSPS) is 11.9. The van der Waals surface area contributed by atoms with Gasteiger partial charge in [0.2, 0.25) is 5.91 Å². The molecule has 1 aromatic heterocycles. The zero-order valence-corrected chi connectivity index (χ0v) is 14.9. The van der Waals surface area contributed by atoms with E-state index in [1.807, 2.05) is 43.3 Å². The number of ether oxygens (including phenoxy) is 1. The summed E-state index contributed by atoms with van der Waals surface area (Å²) >= 11 is 3.29. The van der Waals surface area contributed by atoms with Crippen molar-refractivity contribution in [3.05, 3.63) is 48.4 Å². The quantitative estimate of drug-likeness (QED) is 0.550. The fourth-order valence-corrected chi connectivity index (χ4v) is 3.52. The molecular weight excluding hydrogens is 330 g/mol. The summed E-state index contributed by atoms with van der Waals surface area (Å²) in [4.78, 5) is 13.1. The van der Waals surface area contributed by atoms with Crippen LogP contribution in [0.25, 0.3) is 0 Å². The predicted octanol–water partition coefficient (Wildman–Crippen LogP) is 3.82. The van der Waals surface area contributed by atoms with E-state index in [1.54, 1.807) is 36.9 Å². The molecule has 0 aliphatic heterocycles. The average Bonchev–Trinajstić information content (AvgIpc) is 3.08. The summed E-state index contributed by atoms with van der Waals surface area (Å²) in [5.41, 5.74) is 0. The Bertz CT molecular complexity index is 584. The van der Waals surface area contributed by atoms with Crippen LogP contribution in [0, 0.1) is 0 Å². The van der Waals surface area contributed by atoms with E-state index in [4.69, 9.17) is 9.15 Å². The molecule has 6 heteroatoms. The van der Waals surface area contributed by atoms with Gasteiger partial charge in [-0.15, -0.1) is 11.8 Å². The lowest BCUT2D eigenvalue weighted by molar-refractivity contribution is -0.120. The second kappa shape index (κ2) is 9.57. The second-order valence-electron chi connectivity index (χ2n) is 4.86. The van der Waals surface area contributed by atoms with Crippen LogP contribution in [0.3, 0.4) is 0 Å². The summed E-state index contributed by atoms with van der Waals surface area (Å²) < 4.78 is 10.4. The van der Waals surface area contributed by atoms with Crippen molar-refractivity contribution in [1.82, 2.24) is 5.32 Å². The molecule has 0 aliphatic rings. The first kappa shape index (κ1) is 17.8. The minimum atomic E-state index is -0.126. The monoisotopic (exact) mass is 351 g/mol. The number of carbonyl (C=O) groups excluding carboxylic acids is 1. The van der Waals surface area contributed by atoms with Crippen LogP contribution in [-0.2, 0) is 10.5 Å². The third-order valence-corrected chi connectivity index (χ3v) is 5.20. The topological polar surface area (TPSA) is 51.5 Å². The van der Waals surface area contributed by atoms with Crippen molar-refractivity contribution in [2.24, 2.45) is 0 Å². The van der Waals surface area contributed by atoms with Crippen LogP contribution in [0.5, 0.6) is 5.75 Å². The highest BCUT2D eigenvalue weighted by molar-refractivity contribution is 8.00. The Morgan fingerprint density at radius 2 is 2.09 bits per heavy atom. The van der Waals surface area contributed by atoms with Crippen molar-refractivity contribution in [3.8, 4) is 5.75 Å². The minimum Gasteiger partial charge on any atom is -0.497 e. The Morgan fingerprint density at radius 3 is 2.74 bits per heavy atom. The van der Waals surface area contributed by atoms with Gasteiger partial charge >= 0.3 is 0 Å². The molecule has 4 nitrogen and oxygen atoms in total. The molecule has 0 saturated carbocycles. The van der Waals surface area contributed by atoms with E-state index >= 15 is 0 Å². The molecular formula is C17H21NO3S2. The standard InChI is InChI=1S/C17H21NO3S2/c1-13(23-16-7-5-14(20-2)6-8-16)17(19)18-9-11-22-12-15-4-3-10-21-15/h3-8,10,13H,9,11-12H2,1-2H3,(H,18,19). The largest absolute Gasteiger partial charge is 0.497 e. The molecule has 23 heavy (non-hydrogen) atoms. The number of amides is 1. The van der Waals surface area contributed by atoms with E-state index in [0.717, 1.165) is 27.9 Å². The molecule has 1 heterocycles. The summed E-state index contributed by atoms with van der Waals surface area (Å²) in [7, 11) is 1.64. The number of hydrogen-bond donors (Lipinski definition) is 1. The molecule has 1 amide bonds. The van der Waals surface area contributed by atoms with Crippen LogP contribution in [0.1, 0.15) is 12.7 Å². The van der Waals surface area contributed by atoms with Gasteiger partial charge in [-0.3, -0.25) is 4.79 Å². The number of nitrogens with one attached hydrogen (secondary N) is 1. The molecule has 0 radical (unpaired) electrons. The number of benzene rings is 1. The highest BCUT2D eigenvalue weighted by atomic mass is 32.2. The summed E-state index contributed by atoms with van der Waals surface area (Å²) in [6, 6.07) is 11.6. The first-order valence-electron chi connectivity index (χ1n) is 7.37. The highest BCUT2D eigenvalue weighted by Crippen LogP contribution is 2.25. The molecule has 1 unspecified atom stereocenters. The van der Waals surface area contributed by atoms with Gasteiger partial charge in [-0.1, -0.05) is 0 Å². The SMILES string of the molecule is COc1ccc(SC(C)C(=O)NCCSCc2ccco2)cc1. The number of carbonyl (C=O) groups is 1. The molecule has 1 N–H and O–H groups in total. The maximum atomic E-state index is 12.1. The summed E-state index contributed by atoms with van der Waals surface area (Å²) in [6.07, 6.45) is 1.68. The van der Waals surface area contributed by atoms with Crippen LogP contribution < -0.4 is 10.1 Å². The molecule has 0 bridgehead atoms. The summed E-state index contributed by atoms with van der Waals surface area (Å²) in [5.74, 6) is 3.54. The molecule has 0 aliphatic carbocycles. The zero-order valence-electron chi connectivity index (χ0n) is 13.3. The van der Waals surface area contributed by atoms with E-state index < -0.39 is 0 Å². The number of thioether (sulfide) groups is 2. The van der Waals surface area contributed by atoms with Gasteiger partial charge in [0.15, 0.2) is 0 Å². The molecule has 0 fully saturated rings. The smallest absolute Gasteiger partial charge is 0.233 e. The molecule has 124 valence electrons. The van der Waals surface area contributed by atoms with Crippen molar-refractivity contribution in [2.75, 3.05) is 19.4 Å². The maximum absolute atomic E-state index is 12.1. The van der Waals surface area contributed by atoms with E-state index in [0.29, 0.717) is 6.54 Å². The minimum absolute atomic E-state index is 0.0596. The third-order valence-electron chi connectivity index (χ3n) is 3.11. The van der Waals surface area contributed by atoms with Crippen LogP contribution in [0.2, 0.25) is 0 Å². The molecule has 2 rings (SSSR count). The average molecular weight is 351 g/mol. The lowest BCUT2D eigenvalue weighted by atomic mass is 10.3. The molecule has 1 atom stereocenters. The lowest BCUT2D eigenvalue weighted by Crippen LogP contribution is -2.32. The second-order valence-corrected chi connectivity index (χ2v) is 7.38. The molecule has 0 spiro atoms. The Kier molecular flexibility index (Phi) is 7.42. The third kappa shape index (κ3) is 6.23. The number of rotatable bonds is 9. The lowest BCUT2D eigenvalue weighted by Gasteiger charge is -2.12. The van der Waals surface area contributed by atoms with Crippen LogP contribution >= 0.6 is 23.5 Å². The van der Waals surface area contributed by atoms with Crippen LogP contribution in [-0.4, -0.2) is 30.6 Å². The van der Waals surface area contributed by atoms with Crippen molar-refractivity contribution in [3.63, 3.8) is 0 Å². The van der Waals surface area contributed by atoms with Gasteiger partial charge in [-0.2, -0.15) is 11.8 Å². The Hall–Kier alpha value is -1.53. The fourth-order valence-electron chi connectivity index (χ4n) is 1.87. The molecule has 2 aromatic rings. The van der Waals surface area contributed by atoms with E-state index in [2.05, 4.69) is 5.32 Å². The predicted molar refractivity (Wildman–Crippen MR) is 96.2 cm³/mol. The Balaban J connectivity index is 1.63. The fraction of sp³-hybridized carbons (Fsp3) is 0.353. The van der Waals surface area contributed by atoms with Crippen molar-refractivity contribution in [1.29, 1.82) is 0 Å². The summed E-state index contributed by atoms with van der Waals surface area (Å²) in [6.45, 7) is 2.58. The maximum Gasteiger partial charge on any atom is 0.233 e. The van der Waals surface area contributed by atoms with Crippen LogP contribution in [0.4, 0.5) is 0 Å². The zero-order chi connectivity index (χ0) is 16.5. The Morgan fingerprint density at radius 1 is 1.30 bits per heavy atom. The first-order valence-corrected chi connectivity index (χ1v) is 9.41. The van der Waals surface area contributed by atoms with Gasteiger partial charge in [0.25, 0.3) is 0 Å². The van der Waals surface area contributed by atoms with E-state index in [9.17, 15) is 4.79 Å². The molecule has 0 saturated heterocycles. The van der Waals surface area contributed by atoms with Crippen LogP contribution in [0.15, 0.2) is 52.0 Å². The van der Waals surface area contributed by atoms with Gasteiger partial charge < -0.3 is 14.5 Å². The highest BCUT2D eigenvalue weighted by Gasteiger charge is 2.13.